The summed E-state index contributed by atoms with van der Waals surface area (Å²) in [6.07, 6.45) is 1.92. The molecule has 0 saturated heterocycles. The van der Waals surface area contributed by atoms with Gasteiger partial charge in [0, 0.05) is 18.1 Å². The Balaban J connectivity index is 2.10. The molecule has 0 saturated carbocycles. The summed E-state index contributed by atoms with van der Waals surface area (Å²) in [7, 11) is 0. The minimum Gasteiger partial charge on any atom is -0.359 e. The van der Waals surface area contributed by atoms with Crippen molar-refractivity contribution in [1.29, 1.82) is 0 Å². The number of aromatic nitrogens is 2. The minimum atomic E-state index is 0.855. The molecule has 0 atom stereocenters. The third-order valence-electron chi connectivity index (χ3n) is 1.94. The van der Waals surface area contributed by atoms with E-state index < -0.39 is 0 Å². The highest BCUT2D eigenvalue weighted by molar-refractivity contribution is 7.13. The summed E-state index contributed by atoms with van der Waals surface area (Å²) in [5, 5.41) is 6.41. The van der Waals surface area contributed by atoms with Gasteiger partial charge in [-0.15, -0.1) is 11.3 Å². The Morgan fingerprint density at radius 3 is 3.21 bits per heavy atom. The van der Waals surface area contributed by atoms with E-state index >= 15 is 0 Å². The number of rotatable bonds is 4. The molecule has 0 amide bonds. The number of H-pyrrole nitrogens is 1. The first-order chi connectivity index (χ1) is 6.90. The molecule has 2 heterocycles. The number of hydrogen-bond donors (Lipinski definition) is 2. The van der Waals surface area contributed by atoms with Gasteiger partial charge in [-0.05, 0) is 18.7 Å². The molecule has 0 fully saturated rings. The Kier molecular flexibility index (Phi) is 2.96. The molecule has 0 aliphatic carbocycles. The Bertz CT molecular complexity index is 378. The predicted molar refractivity (Wildman–Crippen MR) is 59.3 cm³/mol. The van der Waals surface area contributed by atoms with Gasteiger partial charge < -0.3 is 10.3 Å². The topological polar surface area (TPSA) is 40.7 Å². The van der Waals surface area contributed by atoms with Crippen molar-refractivity contribution in [3.8, 4) is 10.7 Å². The Hall–Kier alpha value is -1.13. The maximum atomic E-state index is 4.52. The molecule has 0 unspecified atom stereocenters. The second kappa shape index (κ2) is 4.39. The second-order valence-corrected chi connectivity index (χ2v) is 3.87. The number of nitrogens with zero attached hydrogens (tertiary/aromatic N) is 1. The quantitative estimate of drug-likeness (QED) is 0.807. The first-order valence-corrected chi connectivity index (χ1v) is 5.57. The van der Waals surface area contributed by atoms with E-state index in [1.54, 1.807) is 11.3 Å². The lowest BCUT2D eigenvalue weighted by Gasteiger charge is -1.95. The number of aromatic amines is 1. The summed E-state index contributed by atoms with van der Waals surface area (Å²) >= 11 is 1.68. The second-order valence-electron chi connectivity index (χ2n) is 3.01. The molecule has 2 aromatic rings. The highest BCUT2D eigenvalue weighted by atomic mass is 32.1. The van der Waals surface area contributed by atoms with Crippen molar-refractivity contribution in [3.05, 3.63) is 29.4 Å². The van der Waals surface area contributed by atoms with Gasteiger partial charge in [-0.25, -0.2) is 4.98 Å². The zero-order valence-electron chi connectivity index (χ0n) is 8.08. The van der Waals surface area contributed by atoms with E-state index in [0.29, 0.717) is 0 Å². The van der Waals surface area contributed by atoms with Gasteiger partial charge >= 0.3 is 0 Å². The molecule has 0 radical (unpaired) electrons. The molecule has 0 aromatic carbocycles. The van der Waals surface area contributed by atoms with E-state index in [2.05, 4.69) is 27.6 Å². The zero-order valence-corrected chi connectivity index (χ0v) is 8.90. The van der Waals surface area contributed by atoms with Crippen LogP contribution >= 0.6 is 11.3 Å². The molecular weight excluding hydrogens is 194 g/mol. The predicted octanol–water partition coefficient (Wildman–Crippen LogP) is 2.25. The highest BCUT2D eigenvalue weighted by Gasteiger charge is 2.03. The third-order valence-corrected chi connectivity index (χ3v) is 2.86. The van der Waals surface area contributed by atoms with Crippen LogP contribution in [0.1, 0.15) is 12.6 Å². The van der Waals surface area contributed by atoms with Gasteiger partial charge in [-0.1, -0.05) is 6.92 Å². The lowest BCUT2D eigenvalue weighted by Crippen LogP contribution is -2.11. The molecule has 3 nitrogen and oxygen atoms in total. The van der Waals surface area contributed by atoms with Crippen LogP contribution in [0.2, 0.25) is 0 Å². The smallest absolute Gasteiger partial charge is 0.139 e. The lowest BCUT2D eigenvalue weighted by atomic mass is 10.4. The van der Waals surface area contributed by atoms with Crippen molar-refractivity contribution < 1.29 is 0 Å². The average Bonchev–Trinajstić information content (AvgIpc) is 2.85. The molecular formula is C10H13N3S. The normalized spacial score (nSPS) is 10.6. The van der Waals surface area contributed by atoms with Crippen LogP contribution in [0.5, 0.6) is 0 Å². The maximum absolute atomic E-state index is 4.52. The van der Waals surface area contributed by atoms with Gasteiger partial charge in [0.05, 0.1) is 11.4 Å². The van der Waals surface area contributed by atoms with Gasteiger partial charge in [-0.2, -0.15) is 0 Å². The summed E-state index contributed by atoms with van der Waals surface area (Å²) in [6.45, 7) is 3.93. The van der Waals surface area contributed by atoms with E-state index in [9.17, 15) is 0 Å². The summed E-state index contributed by atoms with van der Waals surface area (Å²) < 4.78 is 0. The van der Waals surface area contributed by atoms with Crippen molar-refractivity contribution in [2.75, 3.05) is 6.54 Å². The van der Waals surface area contributed by atoms with Crippen LogP contribution < -0.4 is 5.32 Å². The van der Waals surface area contributed by atoms with Crippen molar-refractivity contribution in [2.24, 2.45) is 0 Å². The van der Waals surface area contributed by atoms with Crippen molar-refractivity contribution in [1.82, 2.24) is 15.3 Å². The highest BCUT2D eigenvalue weighted by Crippen LogP contribution is 2.21. The van der Waals surface area contributed by atoms with Crippen LogP contribution in [-0.2, 0) is 6.54 Å². The van der Waals surface area contributed by atoms with Crippen LogP contribution in [0.4, 0.5) is 0 Å². The average molecular weight is 207 g/mol. The minimum absolute atomic E-state index is 0.855. The van der Waals surface area contributed by atoms with Crippen molar-refractivity contribution in [3.63, 3.8) is 0 Å². The van der Waals surface area contributed by atoms with Gasteiger partial charge in [0.2, 0.25) is 0 Å². The van der Waals surface area contributed by atoms with Crippen LogP contribution in [0, 0.1) is 0 Å². The number of thiazole rings is 1. The van der Waals surface area contributed by atoms with Gasteiger partial charge in [0.25, 0.3) is 0 Å². The molecule has 2 N–H and O–H groups in total. The molecule has 0 aliphatic rings. The Morgan fingerprint density at radius 1 is 1.57 bits per heavy atom. The fourth-order valence-corrected chi connectivity index (χ4v) is 2.04. The van der Waals surface area contributed by atoms with Gasteiger partial charge in [0.15, 0.2) is 0 Å². The van der Waals surface area contributed by atoms with Gasteiger partial charge in [0.1, 0.15) is 5.01 Å². The molecule has 0 spiro atoms. The monoisotopic (exact) mass is 207 g/mol. The SMILES string of the molecule is CCNCc1csc(-c2ccc[nH]2)n1. The largest absolute Gasteiger partial charge is 0.359 e. The number of hydrogen-bond acceptors (Lipinski definition) is 3. The van der Waals surface area contributed by atoms with Crippen molar-refractivity contribution >= 4 is 11.3 Å². The summed E-state index contributed by atoms with van der Waals surface area (Å²) in [5.41, 5.74) is 2.21. The molecule has 14 heavy (non-hydrogen) atoms. The summed E-state index contributed by atoms with van der Waals surface area (Å²) in [4.78, 5) is 7.67. The van der Waals surface area contributed by atoms with Crippen LogP contribution in [0.25, 0.3) is 10.7 Å². The van der Waals surface area contributed by atoms with E-state index in [1.807, 2.05) is 18.3 Å². The van der Waals surface area contributed by atoms with Crippen molar-refractivity contribution in [2.45, 2.75) is 13.5 Å². The lowest BCUT2D eigenvalue weighted by molar-refractivity contribution is 0.715. The fraction of sp³-hybridized carbons (Fsp3) is 0.300. The van der Waals surface area contributed by atoms with E-state index in [-0.39, 0.29) is 0 Å². The standard InChI is InChI=1S/C10H13N3S/c1-2-11-6-8-7-14-10(13-8)9-4-3-5-12-9/h3-5,7,11-12H,2,6H2,1H3. The molecule has 0 bridgehead atoms. The summed E-state index contributed by atoms with van der Waals surface area (Å²) in [5.74, 6) is 0. The Morgan fingerprint density at radius 2 is 2.50 bits per heavy atom. The fourth-order valence-electron chi connectivity index (χ4n) is 1.23. The molecule has 2 rings (SSSR count). The molecule has 2 aromatic heterocycles. The van der Waals surface area contributed by atoms with Crippen LogP contribution in [0.15, 0.2) is 23.7 Å². The molecule has 0 aliphatic heterocycles. The maximum Gasteiger partial charge on any atom is 0.139 e. The number of nitrogens with one attached hydrogen (secondary N) is 2. The van der Waals surface area contributed by atoms with E-state index in [4.69, 9.17) is 0 Å². The van der Waals surface area contributed by atoms with Crippen LogP contribution in [0.3, 0.4) is 0 Å². The molecule has 4 heteroatoms. The molecule has 74 valence electrons. The first-order valence-electron chi connectivity index (χ1n) is 4.69. The van der Waals surface area contributed by atoms with E-state index in [1.165, 1.54) is 0 Å². The zero-order chi connectivity index (χ0) is 9.80. The van der Waals surface area contributed by atoms with E-state index in [0.717, 1.165) is 29.5 Å². The Labute approximate surface area is 87.2 Å². The first kappa shape index (κ1) is 9.43. The van der Waals surface area contributed by atoms with Gasteiger partial charge in [-0.3, -0.25) is 0 Å². The van der Waals surface area contributed by atoms with Crippen LogP contribution in [-0.4, -0.2) is 16.5 Å². The third kappa shape index (κ3) is 2.02. The summed E-state index contributed by atoms with van der Waals surface area (Å²) in [6, 6.07) is 4.02.